The summed E-state index contributed by atoms with van der Waals surface area (Å²) in [4.78, 5) is 13.5. The highest BCUT2D eigenvalue weighted by atomic mass is 19.1. The molecule has 2 aliphatic rings. The van der Waals surface area contributed by atoms with E-state index in [0.717, 1.165) is 25.9 Å². The van der Waals surface area contributed by atoms with E-state index in [2.05, 4.69) is 5.32 Å². The Balaban J connectivity index is 1.70. The van der Waals surface area contributed by atoms with Gasteiger partial charge in [0.25, 0.3) is 0 Å². The number of amides is 1. The van der Waals surface area contributed by atoms with Crippen molar-refractivity contribution in [2.45, 2.75) is 18.9 Å². The molecule has 5 heteroatoms. The fraction of sp³-hybridized carbons (Fsp3) is 0.500. The number of halogens is 1. The van der Waals surface area contributed by atoms with Crippen molar-refractivity contribution < 1.29 is 13.9 Å². The molecule has 0 spiro atoms. The third-order valence-corrected chi connectivity index (χ3v) is 3.83. The van der Waals surface area contributed by atoms with Gasteiger partial charge < -0.3 is 10.1 Å². The molecule has 2 heterocycles. The molecule has 1 N–H and O–H groups in total. The number of hydrogen-bond donors (Lipinski definition) is 1. The van der Waals surface area contributed by atoms with Crippen molar-refractivity contribution in [3.05, 3.63) is 30.1 Å². The smallest absolute Gasteiger partial charge is 0.414 e. The lowest BCUT2D eigenvalue weighted by Gasteiger charge is -2.26. The minimum absolute atomic E-state index is 0.0645. The van der Waals surface area contributed by atoms with Gasteiger partial charge in [-0.1, -0.05) is 0 Å². The molecule has 1 aromatic rings. The Kier molecular flexibility index (Phi) is 3.38. The van der Waals surface area contributed by atoms with Crippen LogP contribution in [0.25, 0.3) is 0 Å². The zero-order valence-electron chi connectivity index (χ0n) is 10.6. The highest BCUT2D eigenvalue weighted by Crippen LogP contribution is 2.27. The number of carbonyl (C=O) groups excluding carboxylic acids is 1. The monoisotopic (exact) mass is 264 g/mol. The number of anilines is 1. The molecule has 1 amide bonds. The number of rotatable bonds is 2. The third-order valence-electron chi connectivity index (χ3n) is 3.83. The average molecular weight is 264 g/mol. The quantitative estimate of drug-likeness (QED) is 0.890. The van der Waals surface area contributed by atoms with E-state index < -0.39 is 0 Å². The first kappa shape index (κ1) is 12.4. The van der Waals surface area contributed by atoms with E-state index in [-0.39, 0.29) is 18.0 Å². The SMILES string of the molecule is O=C1OC(C2CCCNC2)CN1c1ccc(F)cc1. The van der Waals surface area contributed by atoms with Crippen molar-refractivity contribution in [3.8, 4) is 0 Å². The summed E-state index contributed by atoms with van der Waals surface area (Å²) < 4.78 is 18.3. The highest BCUT2D eigenvalue weighted by molar-refractivity contribution is 5.89. The van der Waals surface area contributed by atoms with Gasteiger partial charge in [0.1, 0.15) is 11.9 Å². The van der Waals surface area contributed by atoms with Crippen molar-refractivity contribution in [3.63, 3.8) is 0 Å². The maximum Gasteiger partial charge on any atom is 0.414 e. The van der Waals surface area contributed by atoms with Crippen LogP contribution < -0.4 is 10.2 Å². The fourth-order valence-corrected chi connectivity index (χ4v) is 2.76. The summed E-state index contributed by atoms with van der Waals surface area (Å²) in [6, 6.07) is 5.94. The predicted octanol–water partition coefficient (Wildman–Crippen LogP) is 2.15. The van der Waals surface area contributed by atoms with E-state index in [1.54, 1.807) is 17.0 Å². The van der Waals surface area contributed by atoms with Crippen LogP contribution in [0.4, 0.5) is 14.9 Å². The van der Waals surface area contributed by atoms with Gasteiger partial charge in [-0.05, 0) is 43.7 Å². The van der Waals surface area contributed by atoms with Gasteiger partial charge in [-0.2, -0.15) is 0 Å². The molecule has 0 radical (unpaired) electrons. The topological polar surface area (TPSA) is 41.6 Å². The molecular formula is C14H17FN2O2. The summed E-state index contributed by atoms with van der Waals surface area (Å²) in [5.41, 5.74) is 0.692. The van der Waals surface area contributed by atoms with E-state index >= 15 is 0 Å². The van der Waals surface area contributed by atoms with Crippen molar-refractivity contribution in [2.75, 3.05) is 24.5 Å². The minimum Gasteiger partial charge on any atom is -0.444 e. The second-order valence-corrected chi connectivity index (χ2v) is 5.12. The van der Waals surface area contributed by atoms with Gasteiger partial charge in [-0.15, -0.1) is 0 Å². The zero-order chi connectivity index (χ0) is 13.2. The molecule has 19 heavy (non-hydrogen) atoms. The second kappa shape index (κ2) is 5.17. The number of cyclic esters (lactones) is 1. The Morgan fingerprint density at radius 2 is 2.11 bits per heavy atom. The summed E-state index contributed by atoms with van der Waals surface area (Å²) >= 11 is 0. The van der Waals surface area contributed by atoms with Crippen LogP contribution in [0.2, 0.25) is 0 Å². The number of nitrogens with one attached hydrogen (secondary N) is 1. The number of hydrogen-bond acceptors (Lipinski definition) is 3. The maximum absolute atomic E-state index is 12.9. The molecule has 3 rings (SSSR count). The number of ether oxygens (including phenoxy) is 1. The van der Waals surface area contributed by atoms with Gasteiger partial charge in [-0.3, -0.25) is 4.90 Å². The average Bonchev–Trinajstić information content (AvgIpc) is 2.83. The summed E-state index contributed by atoms with van der Waals surface area (Å²) in [7, 11) is 0. The first-order valence-electron chi connectivity index (χ1n) is 6.68. The molecule has 2 atom stereocenters. The van der Waals surface area contributed by atoms with Gasteiger partial charge >= 0.3 is 6.09 Å². The number of piperidine rings is 1. The van der Waals surface area contributed by atoms with Crippen LogP contribution in [0, 0.1) is 11.7 Å². The molecule has 0 saturated carbocycles. The summed E-state index contributed by atoms with van der Waals surface area (Å²) in [6.45, 7) is 2.49. The third kappa shape index (κ3) is 2.56. The van der Waals surface area contributed by atoms with Crippen molar-refractivity contribution >= 4 is 11.8 Å². The van der Waals surface area contributed by atoms with Gasteiger partial charge in [0.05, 0.1) is 6.54 Å². The van der Waals surface area contributed by atoms with Crippen molar-refractivity contribution in [2.24, 2.45) is 5.92 Å². The summed E-state index contributed by atoms with van der Waals surface area (Å²) in [6.07, 6.45) is 1.81. The Morgan fingerprint density at radius 3 is 2.79 bits per heavy atom. The van der Waals surface area contributed by atoms with Crippen LogP contribution >= 0.6 is 0 Å². The standard InChI is InChI=1S/C14H17FN2O2/c15-11-3-5-12(6-4-11)17-9-13(19-14(17)18)10-2-1-7-16-8-10/h3-6,10,13,16H,1-2,7-9H2. The molecule has 0 aromatic heterocycles. The number of nitrogens with zero attached hydrogens (tertiary/aromatic N) is 1. The molecule has 2 fully saturated rings. The number of benzene rings is 1. The molecule has 102 valence electrons. The maximum atomic E-state index is 12.9. The van der Waals surface area contributed by atoms with E-state index in [9.17, 15) is 9.18 Å². The lowest BCUT2D eigenvalue weighted by Crippen LogP contribution is -2.38. The van der Waals surface area contributed by atoms with Crippen molar-refractivity contribution in [1.82, 2.24) is 5.32 Å². The lowest BCUT2D eigenvalue weighted by atomic mass is 9.94. The summed E-state index contributed by atoms with van der Waals surface area (Å²) in [5, 5.41) is 3.33. The Hall–Kier alpha value is -1.62. The molecule has 2 saturated heterocycles. The van der Waals surface area contributed by atoms with Gasteiger partial charge in [-0.25, -0.2) is 9.18 Å². The number of carbonyl (C=O) groups is 1. The molecule has 2 aliphatic heterocycles. The van der Waals surface area contributed by atoms with Gasteiger partial charge in [0.2, 0.25) is 0 Å². The van der Waals surface area contributed by atoms with Crippen LogP contribution in [-0.4, -0.2) is 31.8 Å². The molecular weight excluding hydrogens is 247 g/mol. The zero-order valence-corrected chi connectivity index (χ0v) is 10.6. The Bertz CT molecular complexity index is 457. The fourth-order valence-electron chi connectivity index (χ4n) is 2.76. The van der Waals surface area contributed by atoms with Gasteiger partial charge in [0.15, 0.2) is 0 Å². The van der Waals surface area contributed by atoms with Gasteiger partial charge in [0, 0.05) is 18.2 Å². The lowest BCUT2D eigenvalue weighted by molar-refractivity contribution is 0.0942. The first-order chi connectivity index (χ1) is 9.24. The van der Waals surface area contributed by atoms with Crippen LogP contribution in [-0.2, 0) is 4.74 Å². The van der Waals surface area contributed by atoms with Crippen molar-refractivity contribution in [1.29, 1.82) is 0 Å². The van der Waals surface area contributed by atoms with E-state index in [4.69, 9.17) is 4.74 Å². The largest absolute Gasteiger partial charge is 0.444 e. The normalized spacial score (nSPS) is 27.4. The molecule has 0 bridgehead atoms. The van der Waals surface area contributed by atoms with E-state index in [1.807, 2.05) is 0 Å². The molecule has 1 aromatic carbocycles. The van der Waals surface area contributed by atoms with Crippen LogP contribution in [0.1, 0.15) is 12.8 Å². The molecule has 0 aliphatic carbocycles. The Morgan fingerprint density at radius 1 is 1.32 bits per heavy atom. The second-order valence-electron chi connectivity index (χ2n) is 5.12. The van der Waals surface area contributed by atoms with E-state index in [1.165, 1.54) is 12.1 Å². The van der Waals surface area contributed by atoms with Crippen LogP contribution in [0.15, 0.2) is 24.3 Å². The Labute approximate surface area is 111 Å². The molecule has 4 nitrogen and oxygen atoms in total. The van der Waals surface area contributed by atoms with E-state index in [0.29, 0.717) is 18.2 Å². The van der Waals surface area contributed by atoms with Crippen LogP contribution in [0.3, 0.4) is 0 Å². The summed E-state index contributed by atoms with van der Waals surface area (Å²) in [5.74, 6) is 0.0764. The first-order valence-corrected chi connectivity index (χ1v) is 6.68. The predicted molar refractivity (Wildman–Crippen MR) is 69.6 cm³/mol. The van der Waals surface area contributed by atoms with Crippen LogP contribution in [0.5, 0.6) is 0 Å². The highest BCUT2D eigenvalue weighted by Gasteiger charge is 2.37. The molecule has 2 unspecified atom stereocenters. The minimum atomic E-state index is -0.331.